The summed E-state index contributed by atoms with van der Waals surface area (Å²) in [6.45, 7) is 0. The second-order valence-electron chi connectivity index (χ2n) is 6.75. The fourth-order valence-corrected chi connectivity index (χ4v) is 4.55. The molecule has 1 aliphatic carbocycles. The molecule has 0 unspecified atom stereocenters. The number of nitrogens with one attached hydrogen (secondary N) is 1. The maximum Gasteiger partial charge on any atom is 1.00 e. The van der Waals surface area contributed by atoms with Gasteiger partial charge in [0.15, 0.2) is 5.78 Å². The average Bonchev–Trinajstić information content (AvgIpc) is 3.16. The second kappa shape index (κ2) is 12.1. The van der Waals surface area contributed by atoms with Crippen molar-refractivity contribution < 1.29 is 70.8 Å². The molecule has 0 radical (unpaired) electrons. The zero-order chi connectivity index (χ0) is 22.4. The van der Waals surface area contributed by atoms with Crippen LogP contribution in [0, 0.1) is 22.7 Å². The molecular weight excluding hydrogens is 453 g/mol. The average molecular weight is 472 g/mol. The fraction of sp³-hybridized carbons (Fsp3) is 0.217. The van der Waals surface area contributed by atoms with Gasteiger partial charge in [-0.25, -0.2) is 4.79 Å². The second-order valence-corrected chi connectivity index (χ2v) is 7.85. The maximum absolute atomic E-state index is 13.0. The summed E-state index contributed by atoms with van der Waals surface area (Å²) in [6, 6.07) is 12.0. The number of nitrogens with zero attached hydrogens (tertiary/aromatic N) is 2. The largest absolute Gasteiger partial charge is 1.00 e. The number of rotatable bonds is 6. The van der Waals surface area contributed by atoms with Gasteiger partial charge in [0.25, 0.3) is 0 Å². The van der Waals surface area contributed by atoms with E-state index in [9.17, 15) is 25.2 Å². The molecule has 1 aromatic heterocycles. The van der Waals surface area contributed by atoms with E-state index in [1.165, 1.54) is 11.3 Å². The summed E-state index contributed by atoms with van der Waals surface area (Å²) >= 11 is 1.34. The van der Waals surface area contributed by atoms with Gasteiger partial charge in [0.2, 0.25) is 0 Å². The van der Waals surface area contributed by atoms with Crippen molar-refractivity contribution >= 4 is 28.1 Å². The number of carbonyl (C=O) groups is 2. The number of fused-ring (bicyclic) bond motifs is 1. The van der Waals surface area contributed by atoms with E-state index in [0.29, 0.717) is 16.1 Å². The molecule has 156 valence electrons. The summed E-state index contributed by atoms with van der Waals surface area (Å²) in [5.41, 5.74) is 0.659. The minimum atomic E-state index is -1.10. The first-order valence-corrected chi connectivity index (χ1v) is 10.3. The topological polar surface area (TPSA) is 126 Å². The molecule has 0 spiro atoms. The standard InChI is InChI=1S/C23H19N3O4S.K/c1-30-23(29)17(13-25)21(28)18(11-19(27)14-7-3-2-4-8-14)26-22-16(12-24)15-9-5-6-10-20(15)31-22;/h2-4,7-8,11,26,28H,5-6,9-10H2,1H3;/q;+1/p-1. The van der Waals surface area contributed by atoms with Crippen molar-refractivity contribution in [2.75, 3.05) is 12.4 Å². The van der Waals surface area contributed by atoms with Crippen LogP contribution in [-0.4, -0.2) is 18.9 Å². The molecule has 3 rings (SSSR count). The smallest absolute Gasteiger partial charge is 0.870 e. The molecule has 1 heterocycles. The molecule has 9 heteroatoms. The number of ether oxygens (including phenoxy) is 1. The van der Waals surface area contributed by atoms with Crippen molar-refractivity contribution in [3.8, 4) is 12.1 Å². The van der Waals surface area contributed by atoms with Crippen molar-refractivity contribution in [3.63, 3.8) is 0 Å². The molecule has 1 aromatic carbocycles. The zero-order valence-corrected chi connectivity index (χ0v) is 21.7. The normalized spacial score (nSPS) is 13.4. The quantitative estimate of drug-likeness (QED) is 0.119. The molecule has 0 atom stereocenters. The van der Waals surface area contributed by atoms with Crippen LogP contribution >= 0.6 is 11.3 Å². The molecule has 1 N–H and O–H groups in total. The molecule has 7 nitrogen and oxygen atoms in total. The van der Waals surface area contributed by atoms with Gasteiger partial charge in [-0.1, -0.05) is 36.1 Å². The van der Waals surface area contributed by atoms with E-state index in [0.717, 1.165) is 49.3 Å². The number of hydrogen-bond acceptors (Lipinski definition) is 8. The number of benzene rings is 1. The van der Waals surface area contributed by atoms with Gasteiger partial charge in [-0.3, -0.25) is 4.79 Å². The van der Waals surface area contributed by atoms with E-state index < -0.39 is 23.1 Å². The summed E-state index contributed by atoms with van der Waals surface area (Å²) < 4.78 is 4.52. The molecule has 0 aliphatic heterocycles. The van der Waals surface area contributed by atoms with Gasteiger partial charge in [0, 0.05) is 22.2 Å². The van der Waals surface area contributed by atoms with Crippen LogP contribution in [0.15, 0.2) is 53.4 Å². The van der Waals surface area contributed by atoms with Gasteiger partial charge in [-0.15, -0.1) is 11.3 Å². The van der Waals surface area contributed by atoms with E-state index >= 15 is 0 Å². The van der Waals surface area contributed by atoms with E-state index in [1.807, 2.05) is 0 Å². The van der Waals surface area contributed by atoms with Crippen LogP contribution in [0.5, 0.6) is 0 Å². The Morgan fingerprint density at radius 1 is 1.19 bits per heavy atom. The Kier molecular flexibility index (Phi) is 9.85. The first-order valence-electron chi connectivity index (χ1n) is 9.53. The first kappa shape index (κ1) is 26.0. The van der Waals surface area contributed by atoms with Crippen molar-refractivity contribution in [2.45, 2.75) is 25.7 Å². The summed E-state index contributed by atoms with van der Waals surface area (Å²) in [5.74, 6) is -2.56. The van der Waals surface area contributed by atoms with Gasteiger partial charge >= 0.3 is 57.4 Å². The minimum absolute atomic E-state index is 0. The van der Waals surface area contributed by atoms with Crippen LogP contribution in [0.3, 0.4) is 0 Å². The molecule has 0 saturated heterocycles. The molecule has 0 fully saturated rings. The fourth-order valence-electron chi connectivity index (χ4n) is 3.30. The Labute approximate surface area is 232 Å². The summed E-state index contributed by atoms with van der Waals surface area (Å²) in [4.78, 5) is 25.7. The number of ketones is 1. The maximum atomic E-state index is 13.0. The van der Waals surface area contributed by atoms with E-state index in [1.54, 1.807) is 36.4 Å². The third kappa shape index (κ3) is 5.76. The predicted octanol–water partition coefficient (Wildman–Crippen LogP) is -0.00774. The Bertz CT molecular complexity index is 1170. The number of aryl methyl sites for hydroxylation is 1. The Morgan fingerprint density at radius 3 is 2.50 bits per heavy atom. The molecule has 32 heavy (non-hydrogen) atoms. The van der Waals surface area contributed by atoms with Gasteiger partial charge < -0.3 is 15.2 Å². The zero-order valence-electron chi connectivity index (χ0n) is 17.7. The van der Waals surface area contributed by atoms with E-state index in [2.05, 4.69) is 16.1 Å². The van der Waals surface area contributed by atoms with Gasteiger partial charge in [-0.05, 0) is 31.2 Å². The summed E-state index contributed by atoms with van der Waals surface area (Å²) in [5, 5.41) is 35.2. The van der Waals surface area contributed by atoms with Crippen LogP contribution in [0.2, 0.25) is 0 Å². The Balaban J connectivity index is 0.00000363. The van der Waals surface area contributed by atoms with E-state index in [4.69, 9.17) is 0 Å². The molecular formula is C23H18KN3O4S. The van der Waals surface area contributed by atoms with Crippen molar-refractivity contribution in [1.82, 2.24) is 0 Å². The number of esters is 1. The van der Waals surface area contributed by atoms with Crippen LogP contribution in [-0.2, 0) is 22.4 Å². The summed E-state index contributed by atoms with van der Waals surface area (Å²) in [7, 11) is 1.06. The van der Waals surface area contributed by atoms with Crippen molar-refractivity contribution in [1.29, 1.82) is 10.5 Å². The van der Waals surface area contributed by atoms with Crippen LogP contribution in [0.1, 0.15) is 39.2 Å². The number of thiophene rings is 1. The molecule has 1 aliphatic rings. The summed E-state index contributed by atoms with van der Waals surface area (Å²) in [6.07, 6.45) is 4.63. The van der Waals surface area contributed by atoms with Gasteiger partial charge in [0.1, 0.15) is 22.7 Å². The number of anilines is 1. The number of methoxy groups -OCH3 is 1. The SMILES string of the molecule is COC(=O)C(C#N)=C([O-])C(=CC(=O)c1ccccc1)Nc1sc2c(c1C#N)CCCC2.[K+]. The number of allylic oxidation sites excluding steroid dienone is 1. The molecule has 0 bridgehead atoms. The third-order valence-corrected chi connectivity index (χ3v) is 6.05. The third-order valence-electron chi connectivity index (χ3n) is 4.84. The number of carbonyl (C=O) groups excluding carboxylic acids is 2. The van der Waals surface area contributed by atoms with Crippen molar-refractivity contribution in [3.05, 3.63) is 75.0 Å². The molecule has 0 saturated carbocycles. The monoisotopic (exact) mass is 471 g/mol. The van der Waals surface area contributed by atoms with Crippen LogP contribution < -0.4 is 61.8 Å². The van der Waals surface area contributed by atoms with E-state index in [-0.39, 0.29) is 57.1 Å². The predicted molar refractivity (Wildman–Crippen MR) is 113 cm³/mol. The van der Waals surface area contributed by atoms with Gasteiger partial charge in [0.05, 0.1) is 12.7 Å². The molecule has 0 amide bonds. The Morgan fingerprint density at radius 2 is 1.88 bits per heavy atom. The minimum Gasteiger partial charge on any atom is -0.870 e. The van der Waals surface area contributed by atoms with Gasteiger partial charge in [-0.2, -0.15) is 10.5 Å². The first-order chi connectivity index (χ1) is 15.0. The molecule has 2 aromatic rings. The Hall–Kier alpha value is -2.24. The number of hydrogen-bond donors (Lipinski definition) is 1. The number of nitriles is 2. The van der Waals surface area contributed by atoms with Crippen LogP contribution in [0.4, 0.5) is 5.00 Å². The van der Waals surface area contributed by atoms with Crippen molar-refractivity contribution in [2.24, 2.45) is 0 Å². The van der Waals surface area contributed by atoms with Crippen LogP contribution in [0.25, 0.3) is 0 Å².